The maximum absolute atomic E-state index is 14.1. The number of nitrogens with one attached hydrogen (secondary N) is 4. The topological polar surface area (TPSA) is 258 Å². The zero-order chi connectivity index (χ0) is 40.2. The van der Waals surface area contributed by atoms with Gasteiger partial charge in [-0.25, -0.2) is 4.98 Å². The molecule has 0 aliphatic carbocycles. The molecule has 298 valence electrons. The van der Waals surface area contributed by atoms with Crippen LogP contribution in [0.25, 0.3) is 0 Å². The van der Waals surface area contributed by atoms with Crippen LogP contribution in [0.3, 0.4) is 0 Å². The van der Waals surface area contributed by atoms with E-state index < -0.39 is 41.8 Å². The molecule has 54 heavy (non-hydrogen) atoms. The van der Waals surface area contributed by atoms with Gasteiger partial charge in [-0.2, -0.15) is 0 Å². The lowest BCUT2D eigenvalue weighted by atomic mass is 9.87. The summed E-state index contributed by atoms with van der Waals surface area (Å²) in [7, 11) is 0. The van der Waals surface area contributed by atoms with Crippen LogP contribution >= 0.6 is 0 Å². The average molecular weight is 752 g/mol. The van der Waals surface area contributed by atoms with Gasteiger partial charge in [-0.15, -0.1) is 0 Å². The number of benzene rings is 1. The van der Waals surface area contributed by atoms with Crippen molar-refractivity contribution in [3.8, 4) is 0 Å². The predicted molar refractivity (Wildman–Crippen MR) is 208 cm³/mol. The van der Waals surface area contributed by atoms with Gasteiger partial charge < -0.3 is 38.1 Å². The van der Waals surface area contributed by atoms with Crippen LogP contribution in [0.2, 0.25) is 0 Å². The van der Waals surface area contributed by atoms with Crippen LogP contribution in [0.4, 0.5) is 0 Å². The first-order valence-electron chi connectivity index (χ1n) is 18.9. The molecule has 0 aliphatic heterocycles. The Morgan fingerprint density at radius 2 is 1.46 bits per heavy atom. The van der Waals surface area contributed by atoms with E-state index in [1.807, 2.05) is 30.3 Å². The average Bonchev–Trinajstić information content (AvgIpc) is 3.63. The highest BCUT2D eigenvalue weighted by Crippen LogP contribution is 2.20. The lowest BCUT2D eigenvalue weighted by molar-refractivity contribution is -0.136. The van der Waals surface area contributed by atoms with Crippen LogP contribution in [-0.4, -0.2) is 82.2 Å². The molecule has 0 unspecified atom stereocenters. The summed E-state index contributed by atoms with van der Waals surface area (Å²) in [6.07, 6.45) is 5.34. The number of amides is 3. The van der Waals surface area contributed by atoms with Gasteiger partial charge in [0.25, 0.3) is 0 Å². The lowest BCUT2D eigenvalue weighted by Gasteiger charge is -2.27. The van der Waals surface area contributed by atoms with E-state index in [2.05, 4.69) is 30.9 Å². The number of imidazole rings is 1. The number of ketones is 3. The number of aromatic amines is 1. The summed E-state index contributed by atoms with van der Waals surface area (Å²) < 4.78 is 0. The standard InChI is InChI=1S/C39H61N9O6/c1-24(2)35(48-37(53)28(14-11-17-44-39(41)42)20-33(50)31(46-26(5)49)15-9-10-16-40)34(51)21-29(19-30-22-43-23-45-30)38(54)47-32(36(52)25(3)4)18-27-12-7-6-8-13-27/h6-8,12-13,22-25,28-29,31-32,35H,9-11,14-21,40H2,1-5H3,(H,43,45)(H,46,49)(H,47,54)(H,48,53)(H4,41,42,44)/t28-,29-,31+,32+,35+/m1/s1. The molecule has 1 heterocycles. The minimum atomic E-state index is -0.988. The Bertz CT molecular complexity index is 1520. The summed E-state index contributed by atoms with van der Waals surface area (Å²) in [5.41, 5.74) is 18.1. The normalized spacial score (nSPS) is 14.0. The van der Waals surface area contributed by atoms with E-state index in [9.17, 15) is 28.8 Å². The van der Waals surface area contributed by atoms with Gasteiger partial charge in [-0.05, 0) is 56.6 Å². The van der Waals surface area contributed by atoms with Crippen LogP contribution in [0.1, 0.15) is 90.8 Å². The van der Waals surface area contributed by atoms with Crippen LogP contribution in [0.5, 0.6) is 0 Å². The highest BCUT2D eigenvalue weighted by Gasteiger charge is 2.34. The number of carbonyl (C=O) groups excluding carboxylic acids is 6. The SMILES string of the molecule is CC(=O)N[C@@H](CCCCN)C(=O)C[C@@H](CCCN=C(N)N)C(=O)N[C@H](C(=O)C[C@@H](Cc1cnc[nH]1)C(=O)N[C@@H](Cc1ccccc1)C(=O)C(C)C)C(C)C. The number of hydrogen-bond acceptors (Lipinski definition) is 9. The van der Waals surface area contributed by atoms with E-state index in [1.54, 1.807) is 33.9 Å². The Morgan fingerprint density at radius 1 is 0.796 bits per heavy atom. The van der Waals surface area contributed by atoms with Crippen molar-refractivity contribution in [3.05, 3.63) is 54.1 Å². The smallest absolute Gasteiger partial charge is 0.224 e. The Kier molecular flexibility index (Phi) is 19.8. The van der Waals surface area contributed by atoms with E-state index in [0.717, 1.165) is 5.56 Å². The highest BCUT2D eigenvalue weighted by molar-refractivity contribution is 5.96. The summed E-state index contributed by atoms with van der Waals surface area (Å²) in [5, 5.41) is 8.50. The zero-order valence-electron chi connectivity index (χ0n) is 32.4. The molecule has 15 heteroatoms. The Labute approximate surface area is 318 Å². The monoisotopic (exact) mass is 751 g/mol. The molecular weight excluding hydrogens is 690 g/mol. The third-order valence-corrected chi connectivity index (χ3v) is 9.20. The number of rotatable bonds is 26. The predicted octanol–water partition coefficient (Wildman–Crippen LogP) is 1.88. The van der Waals surface area contributed by atoms with Crippen molar-refractivity contribution in [1.29, 1.82) is 0 Å². The number of unbranched alkanes of at least 4 members (excludes halogenated alkanes) is 1. The van der Waals surface area contributed by atoms with E-state index in [0.29, 0.717) is 37.9 Å². The van der Waals surface area contributed by atoms with Gasteiger partial charge in [0.1, 0.15) is 0 Å². The number of nitrogens with two attached hydrogens (primary N) is 3. The molecule has 15 nitrogen and oxygen atoms in total. The molecule has 10 N–H and O–H groups in total. The first-order valence-corrected chi connectivity index (χ1v) is 18.9. The molecule has 0 bridgehead atoms. The van der Waals surface area contributed by atoms with Crippen molar-refractivity contribution < 1.29 is 28.8 Å². The fourth-order valence-corrected chi connectivity index (χ4v) is 6.25. The molecule has 0 fully saturated rings. The third-order valence-electron chi connectivity index (χ3n) is 9.20. The van der Waals surface area contributed by atoms with Crippen molar-refractivity contribution in [2.24, 2.45) is 45.9 Å². The van der Waals surface area contributed by atoms with Gasteiger partial charge in [0.05, 0.1) is 30.4 Å². The van der Waals surface area contributed by atoms with Gasteiger partial charge in [0.15, 0.2) is 23.3 Å². The van der Waals surface area contributed by atoms with Gasteiger partial charge in [-0.1, -0.05) is 58.0 Å². The van der Waals surface area contributed by atoms with E-state index >= 15 is 0 Å². The molecule has 2 aromatic rings. The first-order chi connectivity index (χ1) is 25.6. The van der Waals surface area contributed by atoms with Crippen molar-refractivity contribution in [2.45, 2.75) is 111 Å². The second-order valence-corrected chi connectivity index (χ2v) is 14.5. The number of nitrogens with zero attached hydrogens (tertiary/aromatic N) is 2. The van der Waals surface area contributed by atoms with Gasteiger partial charge in [-0.3, -0.25) is 33.8 Å². The first kappa shape index (κ1) is 45.2. The maximum Gasteiger partial charge on any atom is 0.224 e. The molecule has 0 radical (unpaired) electrons. The Hall–Kier alpha value is -4.92. The third kappa shape index (κ3) is 16.4. The highest BCUT2D eigenvalue weighted by atomic mass is 16.2. The maximum atomic E-state index is 14.1. The van der Waals surface area contributed by atoms with Gasteiger partial charge in [0.2, 0.25) is 17.7 Å². The van der Waals surface area contributed by atoms with Crippen LogP contribution < -0.4 is 33.2 Å². The fraction of sp³-hybridized carbons (Fsp3) is 0.590. The second-order valence-electron chi connectivity index (χ2n) is 14.5. The summed E-state index contributed by atoms with van der Waals surface area (Å²) in [5.74, 6) is -4.72. The minimum absolute atomic E-state index is 0.100. The fourth-order valence-electron chi connectivity index (χ4n) is 6.25. The van der Waals surface area contributed by atoms with Crippen molar-refractivity contribution in [2.75, 3.05) is 13.1 Å². The van der Waals surface area contributed by atoms with Crippen molar-refractivity contribution in [1.82, 2.24) is 25.9 Å². The summed E-state index contributed by atoms with van der Waals surface area (Å²) in [4.78, 5) is 91.7. The molecule has 1 aromatic heterocycles. The van der Waals surface area contributed by atoms with Gasteiger partial charge in [0, 0.05) is 56.5 Å². The number of hydrogen-bond donors (Lipinski definition) is 7. The number of Topliss-reactive ketones (excluding diaryl/α,β-unsaturated/α-hetero) is 3. The molecule has 0 saturated heterocycles. The van der Waals surface area contributed by atoms with Gasteiger partial charge >= 0.3 is 0 Å². The molecular formula is C39H61N9O6. The van der Waals surface area contributed by atoms with E-state index in [4.69, 9.17) is 17.2 Å². The van der Waals surface area contributed by atoms with E-state index in [-0.39, 0.29) is 79.7 Å². The van der Waals surface area contributed by atoms with Crippen molar-refractivity contribution in [3.63, 3.8) is 0 Å². The number of aliphatic imine (C=N–C) groups is 1. The molecule has 0 aliphatic rings. The summed E-state index contributed by atoms with van der Waals surface area (Å²) >= 11 is 0. The molecule has 0 spiro atoms. The second kappa shape index (κ2) is 23.7. The summed E-state index contributed by atoms with van der Waals surface area (Å²) in [6, 6.07) is 6.78. The number of H-pyrrole nitrogens is 1. The largest absolute Gasteiger partial charge is 0.370 e. The Morgan fingerprint density at radius 3 is 2.04 bits per heavy atom. The van der Waals surface area contributed by atoms with Crippen LogP contribution in [-0.2, 0) is 41.6 Å². The molecule has 2 rings (SSSR count). The lowest BCUT2D eigenvalue weighted by Crippen LogP contribution is -2.50. The number of guanidine groups is 1. The quantitative estimate of drug-likeness (QED) is 0.0417. The number of aromatic nitrogens is 2. The molecule has 3 amide bonds. The van der Waals surface area contributed by atoms with Crippen molar-refractivity contribution >= 4 is 41.0 Å². The van der Waals surface area contributed by atoms with Crippen LogP contribution in [0, 0.1) is 23.7 Å². The summed E-state index contributed by atoms with van der Waals surface area (Å²) in [6.45, 7) is 9.12. The number of carbonyl (C=O) groups is 6. The zero-order valence-corrected chi connectivity index (χ0v) is 32.4. The molecule has 0 saturated carbocycles. The van der Waals surface area contributed by atoms with Crippen LogP contribution in [0.15, 0.2) is 47.8 Å². The molecule has 5 atom stereocenters. The molecule has 1 aromatic carbocycles. The van der Waals surface area contributed by atoms with E-state index in [1.165, 1.54) is 13.3 Å². The Balaban J connectivity index is 2.33. The minimum Gasteiger partial charge on any atom is -0.370 e.